The van der Waals surface area contributed by atoms with Gasteiger partial charge in [0.05, 0.1) is 5.92 Å². The number of rotatable bonds is 7. The highest BCUT2D eigenvalue weighted by Gasteiger charge is 2.16. The van der Waals surface area contributed by atoms with E-state index >= 15 is 0 Å². The molecule has 0 amide bonds. The van der Waals surface area contributed by atoms with Gasteiger partial charge in [-0.05, 0) is 31.7 Å². The second kappa shape index (κ2) is 6.89. The van der Waals surface area contributed by atoms with E-state index in [0.29, 0.717) is 12.5 Å². The molecule has 0 aliphatic carbocycles. The van der Waals surface area contributed by atoms with Gasteiger partial charge in [-0.1, -0.05) is 20.3 Å². The molecule has 13 heavy (non-hydrogen) atoms. The third-order valence-electron chi connectivity index (χ3n) is 2.20. The van der Waals surface area contributed by atoms with Crippen molar-refractivity contribution in [3.05, 3.63) is 0 Å². The molecule has 0 aromatic carbocycles. The van der Waals surface area contributed by atoms with Crippen molar-refractivity contribution in [3.63, 3.8) is 0 Å². The molecule has 0 saturated heterocycles. The van der Waals surface area contributed by atoms with Crippen LogP contribution < -0.4 is 5.73 Å². The summed E-state index contributed by atoms with van der Waals surface area (Å²) in [7, 11) is 0. The van der Waals surface area contributed by atoms with E-state index in [1.165, 1.54) is 0 Å². The SMILES string of the molecule is CC(C)CCC(CCCN)C(=O)O. The van der Waals surface area contributed by atoms with Crippen LogP contribution in [0, 0.1) is 11.8 Å². The minimum absolute atomic E-state index is 0.189. The van der Waals surface area contributed by atoms with Crippen LogP contribution in [0.15, 0.2) is 0 Å². The number of carbonyl (C=O) groups is 1. The maximum Gasteiger partial charge on any atom is 0.306 e. The van der Waals surface area contributed by atoms with Gasteiger partial charge in [-0.2, -0.15) is 0 Å². The van der Waals surface area contributed by atoms with Gasteiger partial charge in [0.1, 0.15) is 0 Å². The molecule has 0 fully saturated rings. The Bertz CT molecular complexity index is 146. The van der Waals surface area contributed by atoms with Crippen LogP contribution in [0.2, 0.25) is 0 Å². The first-order valence-electron chi connectivity index (χ1n) is 5.00. The number of hydrogen-bond donors (Lipinski definition) is 2. The van der Waals surface area contributed by atoms with Gasteiger partial charge < -0.3 is 10.8 Å². The maximum absolute atomic E-state index is 10.8. The summed E-state index contributed by atoms with van der Waals surface area (Å²) < 4.78 is 0. The third kappa shape index (κ3) is 6.58. The molecule has 0 aliphatic rings. The monoisotopic (exact) mass is 187 g/mol. The average Bonchev–Trinajstić information content (AvgIpc) is 2.03. The van der Waals surface area contributed by atoms with Crippen LogP contribution in [0.25, 0.3) is 0 Å². The van der Waals surface area contributed by atoms with Crippen LogP contribution in [-0.4, -0.2) is 17.6 Å². The Hall–Kier alpha value is -0.570. The fourth-order valence-corrected chi connectivity index (χ4v) is 1.29. The molecular weight excluding hydrogens is 166 g/mol. The minimum Gasteiger partial charge on any atom is -0.481 e. The molecule has 3 heteroatoms. The lowest BCUT2D eigenvalue weighted by Crippen LogP contribution is -2.16. The van der Waals surface area contributed by atoms with Crippen LogP contribution in [0.4, 0.5) is 0 Å². The van der Waals surface area contributed by atoms with E-state index < -0.39 is 5.97 Å². The van der Waals surface area contributed by atoms with E-state index in [2.05, 4.69) is 13.8 Å². The highest BCUT2D eigenvalue weighted by Crippen LogP contribution is 2.16. The van der Waals surface area contributed by atoms with Crippen molar-refractivity contribution < 1.29 is 9.90 Å². The molecule has 0 spiro atoms. The fraction of sp³-hybridized carbons (Fsp3) is 0.900. The van der Waals surface area contributed by atoms with Gasteiger partial charge in [0.2, 0.25) is 0 Å². The van der Waals surface area contributed by atoms with Crippen molar-refractivity contribution in [2.45, 2.75) is 39.5 Å². The molecule has 0 saturated carbocycles. The predicted molar refractivity (Wildman–Crippen MR) is 53.5 cm³/mol. The van der Waals surface area contributed by atoms with E-state index in [0.717, 1.165) is 25.7 Å². The molecule has 3 N–H and O–H groups in total. The zero-order chi connectivity index (χ0) is 10.3. The maximum atomic E-state index is 10.8. The van der Waals surface area contributed by atoms with Crippen LogP contribution >= 0.6 is 0 Å². The molecule has 0 bridgehead atoms. The Labute approximate surface area is 80.3 Å². The van der Waals surface area contributed by atoms with Gasteiger partial charge in [0.25, 0.3) is 0 Å². The van der Waals surface area contributed by atoms with Crippen LogP contribution in [0.5, 0.6) is 0 Å². The van der Waals surface area contributed by atoms with E-state index in [1.807, 2.05) is 0 Å². The number of carboxylic acids is 1. The summed E-state index contributed by atoms with van der Waals surface area (Å²) in [5.41, 5.74) is 5.34. The van der Waals surface area contributed by atoms with Gasteiger partial charge >= 0.3 is 5.97 Å². The summed E-state index contributed by atoms with van der Waals surface area (Å²) >= 11 is 0. The summed E-state index contributed by atoms with van der Waals surface area (Å²) in [5.74, 6) is -0.278. The molecule has 3 nitrogen and oxygen atoms in total. The Morgan fingerprint density at radius 3 is 2.31 bits per heavy atom. The molecule has 1 atom stereocenters. The number of aliphatic carboxylic acids is 1. The highest BCUT2D eigenvalue weighted by molar-refractivity contribution is 5.69. The van der Waals surface area contributed by atoms with Gasteiger partial charge in [-0.3, -0.25) is 4.79 Å². The average molecular weight is 187 g/mol. The lowest BCUT2D eigenvalue weighted by molar-refractivity contribution is -0.142. The van der Waals surface area contributed by atoms with Gasteiger partial charge in [-0.25, -0.2) is 0 Å². The van der Waals surface area contributed by atoms with Crippen molar-refractivity contribution in [2.24, 2.45) is 17.6 Å². The fourth-order valence-electron chi connectivity index (χ4n) is 1.29. The summed E-state index contributed by atoms with van der Waals surface area (Å²) in [4.78, 5) is 10.8. The Morgan fingerprint density at radius 1 is 1.31 bits per heavy atom. The Balaban J connectivity index is 3.74. The quantitative estimate of drug-likeness (QED) is 0.639. The molecule has 0 aromatic heterocycles. The first-order valence-corrected chi connectivity index (χ1v) is 5.00. The third-order valence-corrected chi connectivity index (χ3v) is 2.20. The molecule has 0 aliphatic heterocycles. The first-order chi connectivity index (χ1) is 6.07. The van der Waals surface area contributed by atoms with E-state index in [-0.39, 0.29) is 5.92 Å². The van der Waals surface area contributed by atoms with E-state index in [1.54, 1.807) is 0 Å². The predicted octanol–water partition coefficient (Wildman–Crippen LogP) is 1.86. The van der Waals surface area contributed by atoms with Gasteiger partial charge in [0, 0.05) is 0 Å². The van der Waals surface area contributed by atoms with Crippen molar-refractivity contribution in [1.82, 2.24) is 0 Å². The molecule has 78 valence electrons. The van der Waals surface area contributed by atoms with E-state index in [4.69, 9.17) is 10.8 Å². The van der Waals surface area contributed by atoms with Crippen LogP contribution in [0.3, 0.4) is 0 Å². The summed E-state index contributed by atoms with van der Waals surface area (Å²) in [6, 6.07) is 0. The zero-order valence-corrected chi connectivity index (χ0v) is 8.62. The summed E-state index contributed by atoms with van der Waals surface area (Å²) in [6.07, 6.45) is 3.31. The number of hydrogen-bond acceptors (Lipinski definition) is 2. The molecule has 0 rings (SSSR count). The highest BCUT2D eigenvalue weighted by atomic mass is 16.4. The van der Waals surface area contributed by atoms with Gasteiger partial charge in [0.15, 0.2) is 0 Å². The number of carboxylic acid groups (broad SMARTS) is 1. The second-order valence-electron chi connectivity index (χ2n) is 3.94. The normalized spacial score (nSPS) is 13.2. The smallest absolute Gasteiger partial charge is 0.306 e. The molecule has 0 aromatic rings. The molecule has 0 radical (unpaired) electrons. The van der Waals surface area contributed by atoms with Crippen molar-refractivity contribution in [1.29, 1.82) is 0 Å². The summed E-state index contributed by atoms with van der Waals surface area (Å²) in [5, 5.41) is 8.87. The van der Waals surface area contributed by atoms with Gasteiger partial charge in [-0.15, -0.1) is 0 Å². The van der Waals surface area contributed by atoms with Crippen molar-refractivity contribution >= 4 is 5.97 Å². The molecular formula is C10H21NO2. The van der Waals surface area contributed by atoms with Crippen LogP contribution in [-0.2, 0) is 4.79 Å². The zero-order valence-electron chi connectivity index (χ0n) is 8.62. The van der Waals surface area contributed by atoms with Crippen molar-refractivity contribution in [2.75, 3.05) is 6.54 Å². The second-order valence-corrected chi connectivity index (χ2v) is 3.94. The Kier molecular flexibility index (Phi) is 6.59. The van der Waals surface area contributed by atoms with Crippen LogP contribution in [0.1, 0.15) is 39.5 Å². The largest absolute Gasteiger partial charge is 0.481 e. The molecule has 0 heterocycles. The van der Waals surface area contributed by atoms with E-state index in [9.17, 15) is 4.79 Å². The standard InChI is InChI=1S/C10H21NO2/c1-8(2)5-6-9(10(12)13)4-3-7-11/h8-9H,3-7,11H2,1-2H3,(H,12,13). The lowest BCUT2D eigenvalue weighted by atomic mass is 9.94. The minimum atomic E-state index is -0.672. The Morgan fingerprint density at radius 2 is 1.92 bits per heavy atom. The summed E-state index contributed by atoms with van der Waals surface area (Å²) in [6.45, 7) is 4.81. The topological polar surface area (TPSA) is 63.3 Å². The number of nitrogens with two attached hydrogens (primary N) is 1. The first kappa shape index (κ1) is 12.4. The van der Waals surface area contributed by atoms with Crippen molar-refractivity contribution in [3.8, 4) is 0 Å². The lowest BCUT2D eigenvalue weighted by Gasteiger charge is -2.12. The molecule has 1 unspecified atom stereocenters.